The number of hydrogen-bond acceptors (Lipinski definition) is 1. The molecule has 1 N–H and O–H groups in total. The molecule has 1 atom stereocenters. The molecule has 0 saturated carbocycles. The molecule has 3 rings (SSSR count). The first-order valence-electron chi connectivity index (χ1n) is 8.12. The van der Waals surface area contributed by atoms with Gasteiger partial charge in [0.15, 0.2) is 0 Å². The van der Waals surface area contributed by atoms with Gasteiger partial charge in [-0.05, 0) is 30.5 Å². The van der Waals surface area contributed by atoms with Gasteiger partial charge in [-0.25, -0.2) is 0 Å². The molecule has 0 radical (unpaired) electrons. The Hall–Kier alpha value is -2.06. The van der Waals surface area contributed by atoms with Crippen molar-refractivity contribution in [3.63, 3.8) is 0 Å². The summed E-state index contributed by atoms with van der Waals surface area (Å²) in [5.74, 6) is 0. The van der Waals surface area contributed by atoms with Crippen LogP contribution in [-0.2, 0) is 13.1 Å². The lowest BCUT2D eigenvalue weighted by Crippen LogP contribution is -2.24. The average molecular weight is 292 g/mol. The Kier molecular flexibility index (Phi) is 4.59. The monoisotopic (exact) mass is 292 g/mol. The third kappa shape index (κ3) is 3.23. The van der Waals surface area contributed by atoms with Gasteiger partial charge in [-0.15, -0.1) is 0 Å². The van der Waals surface area contributed by atoms with Crippen molar-refractivity contribution < 1.29 is 0 Å². The van der Waals surface area contributed by atoms with E-state index in [4.69, 9.17) is 0 Å². The third-order valence-electron chi connectivity index (χ3n) is 4.32. The number of nitrogens with one attached hydrogen (secondary N) is 1. The van der Waals surface area contributed by atoms with Gasteiger partial charge >= 0.3 is 0 Å². The molecule has 2 nitrogen and oxygen atoms in total. The number of nitrogens with zero attached hydrogens (tertiary/aromatic N) is 1. The number of para-hydroxylation sites is 1. The summed E-state index contributed by atoms with van der Waals surface area (Å²) in [6.45, 7) is 6.31. The first-order valence-corrected chi connectivity index (χ1v) is 8.12. The van der Waals surface area contributed by atoms with Gasteiger partial charge in [0.25, 0.3) is 0 Å². The van der Waals surface area contributed by atoms with E-state index in [1.165, 1.54) is 22.0 Å². The second-order valence-corrected chi connectivity index (χ2v) is 5.98. The van der Waals surface area contributed by atoms with E-state index < -0.39 is 0 Å². The van der Waals surface area contributed by atoms with E-state index in [2.05, 4.69) is 84.5 Å². The SMILES string of the molecule is CC[C@H](C)NCc1cn(Cc2ccccc2)c2ccccc12. The maximum Gasteiger partial charge on any atom is 0.0486 e. The molecule has 2 heteroatoms. The highest BCUT2D eigenvalue weighted by molar-refractivity contribution is 5.84. The van der Waals surface area contributed by atoms with Crippen molar-refractivity contribution in [2.24, 2.45) is 0 Å². The third-order valence-corrected chi connectivity index (χ3v) is 4.32. The molecule has 0 spiro atoms. The molecule has 0 aliphatic heterocycles. The topological polar surface area (TPSA) is 17.0 Å². The number of rotatable bonds is 6. The standard InChI is InChI=1S/C20H24N2/c1-3-16(2)21-13-18-15-22(14-17-9-5-4-6-10-17)20-12-8-7-11-19(18)20/h4-12,15-16,21H,3,13-14H2,1-2H3/t16-/m0/s1. The highest BCUT2D eigenvalue weighted by Gasteiger charge is 2.09. The number of fused-ring (bicyclic) bond motifs is 1. The molecule has 0 aliphatic carbocycles. The van der Waals surface area contributed by atoms with Gasteiger partial charge in [0.05, 0.1) is 0 Å². The van der Waals surface area contributed by atoms with Crippen molar-refractivity contribution in [2.45, 2.75) is 39.4 Å². The van der Waals surface area contributed by atoms with Gasteiger partial charge in [-0.3, -0.25) is 0 Å². The van der Waals surface area contributed by atoms with Crippen molar-refractivity contribution in [2.75, 3.05) is 0 Å². The van der Waals surface area contributed by atoms with Crippen LogP contribution < -0.4 is 5.32 Å². The molecule has 22 heavy (non-hydrogen) atoms. The van der Waals surface area contributed by atoms with Crippen molar-refractivity contribution in [3.8, 4) is 0 Å². The number of aromatic nitrogens is 1. The lowest BCUT2D eigenvalue weighted by atomic mass is 10.1. The van der Waals surface area contributed by atoms with E-state index in [-0.39, 0.29) is 0 Å². The van der Waals surface area contributed by atoms with Gasteiger partial charge in [0, 0.05) is 36.2 Å². The van der Waals surface area contributed by atoms with E-state index in [0.29, 0.717) is 6.04 Å². The maximum absolute atomic E-state index is 3.60. The predicted octanol–water partition coefficient (Wildman–Crippen LogP) is 4.58. The lowest BCUT2D eigenvalue weighted by Gasteiger charge is -2.10. The Morgan fingerprint density at radius 2 is 1.73 bits per heavy atom. The molecule has 114 valence electrons. The first kappa shape index (κ1) is 14.9. The van der Waals surface area contributed by atoms with Crippen LogP contribution in [0.4, 0.5) is 0 Å². The number of hydrogen-bond donors (Lipinski definition) is 1. The van der Waals surface area contributed by atoms with Gasteiger partial charge in [0.1, 0.15) is 0 Å². The Morgan fingerprint density at radius 1 is 1.00 bits per heavy atom. The highest BCUT2D eigenvalue weighted by Crippen LogP contribution is 2.22. The van der Waals surface area contributed by atoms with Crippen molar-refractivity contribution in [3.05, 3.63) is 71.9 Å². The molecule has 0 saturated heterocycles. The van der Waals surface area contributed by atoms with Crippen molar-refractivity contribution in [1.29, 1.82) is 0 Å². The van der Waals surface area contributed by atoms with E-state index in [0.717, 1.165) is 19.5 Å². The lowest BCUT2D eigenvalue weighted by molar-refractivity contribution is 0.535. The summed E-state index contributed by atoms with van der Waals surface area (Å²) >= 11 is 0. The number of benzene rings is 2. The highest BCUT2D eigenvalue weighted by atomic mass is 15.0. The average Bonchev–Trinajstić information content (AvgIpc) is 2.92. The first-order chi connectivity index (χ1) is 10.8. The quantitative estimate of drug-likeness (QED) is 0.704. The summed E-state index contributed by atoms with van der Waals surface area (Å²) in [6, 6.07) is 19.9. The Labute approximate surface area is 132 Å². The molecular weight excluding hydrogens is 268 g/mol. The van der Waals surface area contributed by atoms with Crippen LogP contribution in [0.1, 0.15) is 31.4 Å². The molecule has 1 aromatic heterocycles. The van der Waals surface area contributed by atoms with Gasteiger partial charge in [-0.2, -0.15) is 0 Å². The van der Waals surface area contributed by atoms with Crippen LogP contribution in [0, 0.1) is 0 Å². The molecule has 0 amide bonds. The summed E-state index contributed by atoms with van der Waals surface area (Å²) in [7, 11) is 0. The van der Waals surface area contributed by atoms with Crippen LogP contribution in [0.3, 0.4) is 0 Å². The molecule has 3 aromatic rings. The Balaban J connectivity index is 1.90. The van der Waals surface area contributed by atoms with Crippen molar-refractivity contribution in [1.82, 2.24) is 9.88 Å². The zero-order valence-corrected chi connectivity index (χ0v) is 13.4. The minimum Gasteiger partial charge on any atom is -0.343 e. The fourth-order valence-corrected chi connectivity index (χ4v) is 2.80. The minimum atomic E-state index is 0.552. The van der Waals surface area contributed by atoms with Crippen LogP contribution in [0.5, 0.6) is 0 Å². The van der Waals surface area contributed by atoms with Crippen LogP contribution in [0.2, 0.25) is 0 Å². The van der Waals surface area contributed by atoms with E-state index in [1.54, 1.807) is 0 Å². The largest absolute Gasteiger partial charge is 0.343 e. The summed E-state index contributed by atoms with van der Waals surface area (Å²) in [5.41, 5.74) is 4.03. The van der Waals surface area contributed by atoms with E-state index in [9.17, 15) is 0 Å². The smallest absolute Gasteiger partial charge is 0.0486 e. The second-order valence-electron chi connectivity index (χ2n) is 5.98. The molecule has 0 unspecified atom stereocenters. The van der Waals surface area contributed by atoms with Gasteiger partial charge < -0.3 is 9.88 Å². The fourth-order valence-electron chi connectivity index (χ4n) is 2.80. The Morgan fingerprint density at radius 3 is 2.50 bits per heavy atom. The second kappa shape index (κ2) is 6.80. The van der Waals surface area contributed by atoms with Crippen LogP contribution in [-0.4, -0.2) is 10.6 Å². The summed E-state index contributed by atoms with van der Waals surface area (Å²) in [4.78, 5) is 0. The van der Waals surface area contributed by atoms with E-state index >= 15 is 0 Å². The molecule has 2 aromatic carbocycles. The maximum atomic E-state index is 3.60. The van der Waals surface area contributed by atoms with Gasteiger partial charge in [-0.1, -0.05) is 55.5 Å². The normalized spacial score (nSPS) is 12.6. The molecule has 0 fully saturated rings. The molecule has 0 aliphatic rings. The zero-order chi connectivity index (χ0) is 15.4. The zero-order valence-electron chi connectivity index (χ0n) is 13.4. The Bertz CT molecular complexity index is 728. The van der Waals surface area contributed by atoms with Crippen LogP contribution in [0.25, 0.3) is 10.9 Å². The van der Waals surface area contributed by atoms with Crippen LogP contribution in [0.15, 0.2) is 60.8 Å². The van der Waals surface area contributed by atoms with E-state index in [1.807, 2.05) is 0 Å². The predicted molar refractivity (Wildman–Crippen MR) is 94.1 cm³/mol. The molecule has 0 bridgehead atoms. The van der Waals surface area contributed by atoms with Gasteiger partial charge in [0.2, 0.25) is 0 Å². The van der Waals surface area contributed by atoms with Crippen LogP contribution >= 0.6 is 0 Å². The summed E-state index contributed by atoms with van der Waals surface area (Å²) in [6.07, 6.45) is 3.45. The minimum absolute atomic E-state index is 0.552. The summed E-state index contributed by atoms with van der Waals surface area (Å²) < 4.78 is 2.36. The molecule has 1 heterocycles. The fraction of sp³-hybridized carbons (Fsp3) is 0.300. The van der Waals surface area contributed by atoms with Crippen molar-refractivity contribution >= 4 is 10.9 Å². The summed E-state index contributed by atoms with van der Waals surface area (Å²) in [5, 5.41) is 4.96. The molecular formula is C20H24N2.